The van der Waals surface area contributed by atoms with Crippen molar-refractivity contribution in [2.24, 2.45) is 10.7 Å². The number of anilines is 2. The lowest BCUT2D eigenvalue weighted by atomic mass is 10.2. The average Bonchev–Trinajstić information content (AvgIpc) is 3.33. The molecule has 0 unspecified atom stereocenters. The number of nitrogens with zero attached hydrogens (tertiary/aromatic N) is 7. The smallest absolute Gasteiger partial charge is 0.191 e. The molecule has 2 aromatic heterocycles. The highest BCUT2D eigenvalue weighted by Crippen LogP contribution is 2.19. The number of aliphatic imine (C=N–C) groups is 1. The number of rotatable bonds is 5. The lowest BCUT2D eigenvalue weighted by molar-refractivity contribution is 0.270. The summed E-state index contributed by atoms with van der Waals surface area (Å²) in [6.07, 6.45) is 3.78. The third-order valence-electron chi connectivity index (χ3n) is 5.67. The maximum atomic E-state index is 6.24. The summed E-state index contributed by atoms with van der Waals surface area (Å²) in [5.41, 5.74) is 7.33. The minimum Gasteiger partial charge on any atom is -0.370 e. The van der Waals surface area contributed by atoms with E-state index in [4.69, 9.17) is 5.73 Å². The SMILES string of the molecule is CCN1CCN(c2ccc(CN=C(N)N3CCN(c4nccs4)CC3)cn2)CC1.I. The van der Waals surface area contributed by atoms with Crippen LogP contribution in [0.1, 0.15) is 12.5 Å². The van der Waals surface area contributed by atoms with Crippen LogP contribution in [-0.4, -0.2) is 84.6 Å². The lowest BCUT2D eigenvalue weighted by Gasteiger charge is -2.35. The second-order valence-electron chi connectivity index (χ2n) is 7.41. The third kappa shape index (κ3) is 5.73. The van der Waals surface area contributed by atoms with Crippen molar-refractivity contribution in [3.63, 3.8) is 0 Å². The average molecular weight is 542 g/mol. The van der Waals surface area contributed by atoms with E-state index in [0.717, 1.165) is 75.4 Å². The zero-order valence-electron chi connectivity index (χ0n) is 17.5. The summed E-state index contributed by atoms with van der Waals surface area (Å²) in [6.45, 7) is 11.8. The minimum atomic E-state index is 0. The van der Waals surface area contributed by atoms with Crippen molar-refractivity contribution in [3.8, 4) is 0 Å². The van der Waals surface area contributed by atoms with Gasteiger partial charge in [0.25, 0.3) is 0 Å². The number of thiazole rings is 1. The fourth-order valence-corrected chi connectivity index (χ4v) is 4.46. The lowest BCUT2D eigenvalue weighted by Crippen LogP contribution is -2.51. The quantitative estimate of drug-likeness (QED) is 0.352. The maximum absolute atomic E-state index is 6.24. The van der Waals surface area contributed by atoms with Crippen LogP contribution in [-0.2, 0) is 6.54 Å². The second kappa shape index (κ2) is 11.1. The van der Waals surface area contributed by atoms with E-state index >= 15 is 0 Å². The van der Waals surface area contributed by atoms with E-state index in [2.05, 4.69) is 53.6 Å². The number of pyridine rings is 1. The predicted octanol–water partition coefficient (Wildman–Crippen LogP) is 1.93. The molecule has 4 rings (SSSR count). The van der Waals surface area contributed by atoms with Gasteiger partial charge in [0.1, 0.15) is 5.82 Å². The molecule has 30 heavy (non-hydrogen) atoms. The molecule has 2 aromatic rings. The number of halogens is 1. The number of piperazine rings is 2. The number of hydrogen-bond acceptors (Lipinski definition) is 7. The first-order valence-corrected chi connectivity index (χ1v) is 11.2. The first kappa shape index (κ1) is 23.0. The molecule has 0 spiro atoms. The highest BCUT2D eigenvalue weighted by molar-refractivity contribution is 14.0. The topological polar surface area (TPSA) is 77.1 Å². The molecule has 0 aliphatic carbocycles. The summed E-state index contributed by atoms with van der Waals surface area (Å²) < 4.78 is 0. The highest BCUT2D eigenvalue weighted by atomic mass is 127. The highest BCUT2D eigenvalue weighted by Gasteiger charge is 2.20. The molecule has 0 saturated carbocycles. The Morgan fingerprint density at radius 2 is 1.77 bits per heavy atom. The molecule has 2 N–H and O–H groups in total. The zero-order chi connectivity index (χ0) is 20.1. The summed E-state index contributed by atoms with van der Waals surface area (Å²) in [7, 11) is 0. The van der Waals surface area contributed by atoms with E-state index in [0.29, 0.717) is 12.5 Å². The molecule has 0 radical (unpaired) electrons. The second-order valence-corrected chi connectivity index (χ2v) is 8.28. The van der Waals surface area contributed by atoms with E-state index in [9.17, 15) is 0 Å². The standard InChI is InChI=1S/C20H30N8S.HI/c1-2-25-6-8-26(9-7-25)18-4-3-17(15-23-18)16-24-19(21)27-10-12-28(13-11-27)20-22-5-14-29-20;/h3-5,14-15H,2,6-13,16H2,1H3,(H2,21,24);1H. The Labute approximate surface area is 199 Å². The summed E-state index contributed by atoms with van der Waals surface area (Å²) in [6, 6.07) is 4.22. The third-order valence-corrected chi connectivity index (χ3v) is 6.50. The van der Waals surface area contributed by atoms with E-state index in [-0.39, 0.29) is 24.0 Å². The van der Waals surface area contributed by atoms with Crippen molar-refractivity contribution in [1.29, 1.82) is 0 Å². The number of aromatic nitrogens is 2. The van der Waals surface area contributed by atoms with Crippen LogP contribution in [0.4, 0.5) is 10.9 Å². The minimum absolute atomic E-state index is 0. The van der Waals surface area contributed by atoms with Crippen LogP contribution in [0.5, 0.6) is 0 Å². The van der Waals surface area contributed by atoms with Gasteiger partial charge in [-0.15, -0.1) is 35.3 Å². The molecule has 2 saturated heterocycles. The van der Waals surface area contributed by atoms with E-state index in [1.54, 1.807) is 11.3 Å². The molecule has 0 amide bonds. The van der Waals surface area contributed by atoms with Gasteiger partial charge >= 0.3 is 0 Å². The molecular formula is C20H31IN8S. The number of likely N-dealkylation sites (N-methyl/N-ethyl adjacent to an activating group) is 1. The van der Waals surface area contributed by atoms with Crippen LogP contribution in [0.25, 0.3) is 0 Å². The molecule has 164 valence electrons. The van der Waals surface area contributed by atoms with Gasteiger partial charge in [-0.25, -0.2) is 15.0 Å². The Morgan fingerprint density at radius 1 is 1.03 bits per heavy atom. The number of nitrogens with two attached hydrogens (primary N) is 1. The van der Waals surface area contributed by atoms with Gasteiger partial charge in [-0.3, -0.25) is 0 Å². The number of guanidine groups is 1. The fraction of sp³-hybridized carbons (Fsp3) is 0.550. The number of hydrogen-bond donors (Lipinski definition) is 1. The molecule has 4 heterocycles. The van der Waals surface area contributed by atoms with Crippen LogP contribution in [0, 0.1) is 0 Å². The van der Waals surface area contributed by atoms with Gasteiger partial charge in [0.15, 0.2) is 11.1 Å². The van der Waals surface area contributed by atoms with Gasteiger partial charge in [-0.1, -0.05) is 13.0 Å². The van der Waals surface area contributed by atoms with E-state index in [1.165, 1.54) is 0 Å². The molecule has 2 aliphatic heterocycles. The van der Waals surface area contributed by atoms with Crippen LogP contribution in [0.2, 0.25) is 0 Å². The Morgan fingerprint density at radius 3 is 2.37 bits per heavy atom. The van der Waals surface area contributed by atoms with Crippen molar-refractivity contribution < 1.29 is 0 Å². The first-order valence-electron chi connectivity index (χ1n) is 10.3. The van der Waals surface area contributed by atoms with Crippen LogP contribution in [0.3, 0.4) is 0 Å². The van der Waals surface area contributed by atoms with Gasteiger partial charge in [-0.2, -0.15) is 0 Å². The summed E-state index contributed by atoms with van der Waals surface area (Å²) >= 11 is 1.68. The zero-order valence-corrected chi connectivity index (χ0v) is 20.6. The summed E-state index contributed by atoms with van der Waals surface area (Å²) in [4.78, 5) is 22.9. The fourth-order valence-electron chi connectivity index (χ4n) is 3.76. The molecule has 2 fully saturated rings. The molecule has 0 atom stereocenters. The van der Waals surface area contributed by atoms with Crippen LogP contribution < -0.4 is 15.5 Å². The molecular weight excluding hydrogens is 511 g/mol. The summed E-state index contributed by atoms with van der Waals surface area (Å²) in [5, 5.41) is 3.10. The Kier molecular flexibility index (Phi) is 8.51. The summed E-state index contributed by atoms with van der Waals surface area (Å²) in [5.74, 6) is 1.67. The van der Waals surface area contributed by atoms with E-state index in [1.807, 2.05) is 17.8 Å². The van der Waals surface area contributed by atoms with Crippen LogP contribution >= 0.6 is 35.3 Å². The van der Waals surface area contributed by atoms with Crippen molar-refractivity contribution in [1.82, 2.24) is 19.8 Å². The van der Waals surface area contributed by atoms with E-state index < -0.39 is 0 Å². The molecule has 0 aromatic carbocycles. The Hall–Kier alpha value is -1.66. The molecule has 2 aliphatic rings. The monoisotopic (exact) mass is 542 g/mol. The maximum Gasteiger partial charge on any atom is 0.191 e. The normalized spacial score (nSPS) is 18.4. The predicted molar refractivity (Wildman–Crippen MR) is 135 cm³/mol. The van der Waals surface area contributed by atoms with Gasteiger partial charge < -0.3 is 25.3 Å². The van der Waals surface area contributed by atoms with Crippen molar-refractivity contribution >= 4 is 52.2 Å². The molecule has 0 bridgehead atoms. The largest absolute Gasteiger partial charge is 0.370 e. The molecule has 10 heteroatoms. The Balaban J connectivity index is 0.00000256. The van der Waals surface area contributed by atoms with Crippen molar-refractivity contribution in [2.75, 3.05) is 68.7 Å². The van der Waals surface area contributed by atoms with Gasteiger partial charge in [-0.05, 0) is 18.2 Å². The Bertz CT molecular complexity index is 782. The van der Waals surface area contributed by atoms with Gasteiger partial charge in [0, 0.05) is 70.1 Å². The first-order chi connectivity index (χ1) is 14.2. The van der Waals surface area contributed by atoms with Gasteiger partial charge in [0.2, 0.25) is 0 Å². The van der Waals surface area contributed by atoms with Crippen LogP contribution in [0.15, 0.2) is 34.9 Å². The van der Waals surface area contributed by atoms with Crippen molar-refractivity contribution in [3.05, 3.63) is 35.5 Å². The molecule has 8 nitrogen and oxygen atoms in total. The van der Waals surface area contributed by atoms with Gasteiger partial charge in [0.05, 0.1) is 6.54 Å². The van der Waals surface area contributed by atoms with Crippen molar-refractivity contribution in [2.45, 2.75) is 13.5 Å².